The van der Waals surface area contributed by atoms with E-state index in [1.54, 1.807) is 25.6 Å². The molecule has 0 spiro atoms. The zero-order valence-electron chi connectivity index (χ0n) is 19.4. The average molecular weight is 488 g/mol. The Morgan fingerprint density at radius 1 is 1.21 bits per heavy atom. The van der Waals surface area contributed by atoms with Crippen molar-refractivity contribution in [2.45, 2.75) is 57.3 Å². The van der Waals surface area contributed by atoms with E-state index in [4.69, 9.17) is 14.5 Å². The number of methoxy groups -OCH3 is 2. The van der Waals surface area contributed by atoms with Crippen LogP contribution in [0.25, 0.3) is 10.2 Å². The van der Waals surface area contributed by atoms with Gasteiger partial charge in [-0.25, -0.2) is 4.98 Å². The van der Waals surface area contributed by atoms with Crippen LogP contribution in [0.5, 0.6) is 11.5 Å². The molecule has 0 aliphatic heterocycles. The monoisotopic (exact) mass is 487 g/mol. The second kappa shape index (κ2) is 10.2. The fraction of sp³-hybridized carbons (Fsp3) is 0.458. The van der Waals surface area contributed by atoms with Crippen molar-refractivity contribution < 1.29 is 14.3 Å². The third-order valence-corrected chi connectivity index (χ3v) is 8.22. The van der Waals surface area contributed by atoms with Gasteiger partial charge in [-0.3, -0.25) is 14.2 Å². The Hall–Kier alpha value is -2.52. The summed E-state index contributed by atoms with van der Waals surface area (Å²) in [6.45, 7) is 4.39. The number of hydrogen-bond donors (Lipinski definition) is 1. The van der Waals surface area contributed by atoms with E-state index in [1.807, 2.05) is 36.6 Å². The molecule has 1 amide bonds. The van der Waals surface area contributed by atoms with Crippen molar-refractivity contribution in [3.8, 4) is 11.5 Å². The summed E-state index contributed by atoms with van der Waals surface area (Å²) in [5.41, 5.74) is 1.96. The number of nitrogens with one attached hydrogen (secondary N) is 1. The van der Waals surface area contributed by atoms with Gasteiger partial charge in [0.25, 0.3) is 5.56 Å². The summed E-state index contributed by atoms with van der Waals surface area (Å²) in [4.78, 5) is 32.7. The Morgan fingerprint density at radius 3 is 2.64 bits per heavy atom. The number of thiophene rings is 1. The first kappa shape index (κ1) is 23.6. The zero-order valence-corrected chi connectivity index (χ0v) is 21.0. The summed E-state index contributed by atoms with van der Waals surface area (Å²) >= 11 is 2.88. The molecule has 3 aromatic rings. The minimum Gasteiger partial charge on any atom is -0.493 e. The van der Waals surface area contributed by atoms with Gasteiger partial charge < -0.3 is 14.8 Å². The molecule has 4 rings (SSSR count). The maximum absolute atomic E-state index is 13.4. The molecule has 0 radical (unpaired) electrons. The van der Waals surface area contributed by atoms with Gasteiger partial charge in [0.1, 0.15) is 4.83 Å². The van der Waals surface area contributed by atoms with E-state index in [9.17, 15) is 9.59 Å². The number of thioether (sulfide) groups is 1. The molecule has 0 bridgehead atoms. The van der Waals surface area contributed by atoms with Gasteiger partial charge in [0.05, 0.1) is 25.4 Å². The summed E-state index contributed by atoms with van der Waals surface area (Å²) in [7, 11) is 3.17. The van der Waals surface area contributed by atoms with Gasteiger partial charge in [-0.05, 0) is 49.9 Å². The number of aromatic nitrogens is 2. The number of nitrogens with zero attached hydrogens (tertiary/aromatic N) is 2. The molecule has 0 saturated heterocycles. The quantitative estimate of drug-likeness (QED) is 0.369. The second-order valence-electron chi connectivity index (χ2n) is 8.23. The van der Waals surface area contributed by atoms with Crippen molar-refractivity contribution >= 4 is 39.2 Å². The lowest BCUT2D eigenvalue weighted by atomic mass is 10.2. The normalized spacial score (nSPS) is 14.1. The van der Waals surface area contributed by atoms with E-state index in [1.165, 1.54) is 11.8 Å². The van der Waals surface area contributed by atoms with Gasteiger partial charge in [-0.15, -0.1) is 11.3 Å². The summed E-state index contributed by atoms with van der Waals surface area (Å²) in [5, 5.41) is 4.31. The number of carbonyl (C=O) groups is 1. The standard InChI is InChI=1S/C24H29N3O4S2/c1-14-15(2)33-22-21(14)23(29)27(17-7-5-6-8-17)24(26-22)32-13-20(28)25-12-16-9-10-18(30-3)19(11-16)31-4/h9-11,17H,5-8,12-13H2,1-4H3,(H,25,28). The molecule has 176 valence electrons. The first-order valence-corrected chi connectivity index (χ1v) is 12.9. The highest BCUT2D eigenvalue weighted by molar-refractivity contribution is 7.99. The van der Waals surface area contributed by atoms with Crippen molar-refractivity contribution in [3.05, 3.63) is 44.6 Å². The molecule has 1 aromatic carbocycles. The van der Waals surface area contributed by atoms with Crippen LogP contribution >= 0.6 is 23.1 Å². The van der Waals surface area contributed by atoms with Gasteiger partial charge in [-0.1, -0.05) is 30.7 Å². The van der Waals surface area contributed by atoms with Crippen LogP contribution in [-0.2, 0) is 11.3 Å². The van der Waals surface area contributed by atoms with Gasteiger partial charge in [-0.2, -0.15) is 0 Å². The molecular weight excluding hydrogens is 458 g/mol. The summed E-state index contributed by atoms with van der Waals surface area (Å²) in [5.74, 6) is 1.36. The number of amides is 1. The zero-order chi connectivity index (χ0) is 23.5. The summed E-state index contributed by atoms with van der Waals surface area (Å²) < 4.78 is 12.4. The van der Waals surface area contributed by atoms with Crippen molar-refractivity contribution in [1.82, 2.24) is 14.9 Å². The number of aryl methyl sites for hydroxylation is 2. The lowest BCUT2D eigenvalue weighted by molar-refractivity contribution is -0.118. The lowest BCUT2D eigenvalue weighted by Crippen LogP contribution is -2.28. The Labute approximate surface area is 201 Å². The van der Waals surface area contributed by atoms with Crippen LogP contribution < -0.4 is 20.3 Å². The maximum Gasteiger partial charge on any atom is 0.263 e. The Balaban J connectivity index is 1.50. The van der Waals surface area contributed by atoms with E-state index in [2.05, 4.69) is 5.32 Å². The van der Waals surface area contributed by atoms with Crippen molar-refractivity contribution in [3.63, 3.8) is 0 Å². The highest BCUT2D eigenvalue weighted by Crippen LogP contribution is 2.34. The predicted octanol–water partition coefficient (Wildman–Crippen LogP) is 4.62. The number of benzene rings is 1. The van der Waals surface area contributed by atoms with E-state index >= 15 is 0 Å². The SMILES string of the molecule is COc1ccc(CNC(=O)CSc2nc3sc(C)c(C)c3c(=O)n2C2CCCC2)cc1OC. The van der Waals surface area contributed by atoms with E-state index in [0.29, 0.717) is 23.2 Å². The molecule has 1 fully saturated rings. The molecule has 7 nitrogen and oxygen atoms in total. The average Bonchev–Trinajstić information content (AvgIpc) is 3.44. The molecule has 2 aromatic heterocycles. The topological polar surface area (TPSA) is 82.5 Å². The summed E-state index contributed by atoms with van der Waals surface area (Å²) in [6.07, 6.45) is 4.20. The second-order valence-corrected chi connectivity index (χ2v) is 10.4. The Kier molecular flexibility index (Phi) is 7.29. The van der Waals surface area contributed by atoms with Crippen LogP contribution in [0.4, 0.5) is 0 Å². The Morgan fingerprint density at radius 2 is 1.94 bits per heavy atom. The highest BCUT2D eigenvalue weighted by atomic mass is 32.2. The fourth-order valence-electron chi connectivity index (χ4n) is 4.25. The third-order valence-electron chi connectivity index (χ3n) is 6.16. The van der Waals surface area contributed by atoms with Gasteiger partial charge in [0.15, 0.2) is 16.7 Å². The predicted molar refractivity (Wildman–Crippen MR) is 133 cm³/mol. The van der Waals surface area contributed by atoms with Crippen LogP contribution in [0.3, 0.4) is 0 Å². The molecule has 1 aliphatic carbocycles. The number of fused-ring (bicyclic) bond motifs is 1. The van der Waals surface area contributed by atoms with Crippen molar-refractivity contribution in [1.29, 1.82) is 0 Å². The molecule has 2 heterocycles. The maximum atomic E-state index is 13.4. The first-order valence-electron chi connectivity index (χ1n) is 11.1. The van der Waals surface area contributed by atoms with Crippen molar-refractivity contribution in [2.75, 3.05) is 20.0 Å². The molecule has 1 N–H and O–H groups in total. The first-order chi connectivity index (χ1) is 15.9. The van der Waals surface area contributed by atoms with E-state index in [0.717, 1.165) is 51.9 Å². The number of hydrogen-bond acceptors (Lipinski definition) is 7. The number of ether oxygens (including phenoxy) is 2. The molecular formula is C24H29N3O4S2. The smallest absolute Gasteiger partial charge is 0.263 e. The summed E-state index contributed by atoms with van der Waals surface area (Å²) in [6, 6.07) is 5.72. The molecule has 1 aliphatic rings. The van der Waals surface area contributed by atoms with Gasteiger partial charge in [0.2, 0.25) is 5.91 Å². The molecule has 0 unspecified atom stereocenters. The van der Waals surface area contributed by atoms with Crippen molar-refractivity contribution in [2.24, 2.45) is 0 Å². The van der Waals surface area contributed by atoms with Crippen LogP contribution in [0.1, 0.15) is 47.7 Å². The Bertz CT molecular complexity index is 1230. The van der Waals surface area contributed by atoms with Gasteiger partial charge >= 0.3 is 0 Å². The fourth-order valence-corrected chi connectivity index (χ4v) is 6.21. The number of carbonyl (C=O) groups excluding carboxylic acids is 1. The van der Waals surface area contributed by atoms with Crippen LogP contribution in [0, 0.1) is 13.8 Å². The number of rotatable bonds is 8. The third kappa shape index (κ3) is 4.89. The largest absolute Gasteiger partial charge is 0.493 e. The minimum atomic E-state index is -0.111. The molecule has 1 saturated carbocycles. The molecule has 0 atom stereocenters. The van der Waals surface area contributed by atoms with Crippen LogP contribution in [0.2, 0.25) is 0 Å². The van der Waals surface area contributed by atoms with E-state index < -0.39 is 0 Å². The van der Waals surface area contributed by atoms with E-state index in [-0.39, 0.29) is 23.3 Å². The van der Waals surface area contributed by atoms with Gasteiger partial charge in [0, 0.05) is 17.5 Å². The lowest BCUT2D eigenvalue weighted by Gasteiger charge is -2.18. The molecule has 9 heteroatoms. The molecule has 33 heavy (non-hydrogen) atoms. The van der Waals surface area contributed by atoms with Crippen LogP contribution in [0.15, 0.2) is 28.2 Å². The van der Waals surface area contributed by atoms with Crippen LogP contribution in [-0.4, -0.2) is 35.4 Å². The highest BCUT2D eigenvalue weighted by Gasteiger charge is 2.25. The minimum absolute atomic E-state index is 0.0296.